The molecule has 2 aromatic heterocycles. The average Bonchev–Trinajstić information content (AvgIpc) is 3.16. The Morgan fingerprint density at radius 2 is 1.81 bits per heavy atom. The number of rotatable bonds is 8. The molecular weight excluding hydrogens is 420 g/mol. The maximum absolute atomic E-state index is 12.9. The molecule has 0 spiro atoms. The molecule has 10 heteroatoms. The summed E-state index contributed by atoms with van der Waals surface area (Å²) in [5.41, 5.74) is 0.797. The second-order valence-electron chi connectivity index (χ2n) is 6.80. The van der Waals surface area contributed by atoms with Gasteiger partial charge in [-0.15, -0.1) is 11.3 Å². The average molecular weight is 442 g/mol. The number of amides is 2. The van der Waals surface area contributed by atoms with E-state index in [4.69, 9.17) is 4.74 Å². The summed E-state index contributed by atoms with van der Waals surface area (Å²) >= 11 is 1.18. The number of anilines is 2. The molecule has 1 aromatic carbocycles. The Kier molecular flexibility index (Phi) is 7.14. The lowest BCUT2D eigenvalue weighted by molar-refractivity contribution is -0.117. The number of nitrogens with one attached hydrogen (secondary N) is 2. The monoisotopic (exact) mass is 442 g/mol. The fourth-order valence-corrected chi connectivity index (χ4v) is 3.68. The van der Waals surface area contributed by atoms with Gasteiger partial charge in [-0.1, -0.05) is 13.3 Å². The van der Waals surface area contributed by atoms with Gasteiger partial charge in [0.05, 0.1) is 23.9 Å². The Bertz CT molecular complexity index is 1170. The second-order valence-corrected chi connectivity index (χ2v) is 7.66. The van der Waals surface area contributed by atoms with Crippen molar-refractivity contribution in [1.82, 2.24) is 9.55 Å². The molecule has 0 bridgehead atoms. The van der Waals surface area contributed by atoms with Crippen LogP contribution in [0.25, 0.3) is 10.2 Å². The Morgan fingerprint density at radius 1 is 1.13 bits per heavy atom. The van der Waals surface area contributed by atoms with Crippen LogP contribution in [0, 0.1) is 0 Å². The van der Waals surface area contributed by atoms with Crippen LogP contribution in [0.2, 0.25) is 0 Å². The predicted molar refractivity (Wildman–Crippen MR) is 118 cm³/mol. The number of nitrogens with zero attached hydrogens (tertiary/aromatic N) is 2. The van der Waals surface area contributed by atoms with Gasteiger partial charge in [0.15, 0.2) is 0 Å². The van der Waals surface area contributed by atoms with Crippen molar-refractivity contribution >= 4 is 50.7 Å². The van der Waals surface area contributed by atoms with Gasteiger partial charge in [-0.05, 0) is 30.7 Å². The summed E-state index contributed by atoms with van der Waals surface area (Å²) in [6.45, 7) is 3.40. The second kappa shape index (κ2) is 9.98. The van der Waals surface area contributed by atoms with Gasteiger partial charge in [-0.25, -0.2) is 9.78 Å². The van der Waals surface area contributed by atoms with E-state index in [9.17, 15) is 19.2 Å². The maximum atomic E-state index is 12.9. The van der Waals surface area contributed by atoms with Gasteiger partial charge in [0, 0.05) is 23.7 Å². The number of carbonyl (C=O) groups excluding carboxylic acids is 3. The van der Waals surface area contributed by atoms with E-state index in [0.717, 1.165) is 17.4 Å². The lowest BCUT2D eigenvalue weighted by Crippen LogP contribution is -2.28. The van der Waals surface area contributed by atoms with Crippen molar-refractivity contribution in [3.63, 3.8) is 0 Å². The van der Waals surface area contributed by atoms with Crippen LogP contribution in [0.15, 0.2) is 40.8 Å². The van der Waals surface area contributed by atoms with Crippen molar-refractivity contribution in [2.75, 3.05) is 17.2 Å². The van der Waals surface area contributed by atoms with E-state index in [1.165, 1.54) is 24.6 Å². The molecule has 0 aliphatic carbocycles. The molecule has 0 aliphatic heterocycles. The number of aromatic nitrogens is 2. The molecule has 0 aliphatic rings. The molecule has 0 saturated heterocycles. The number of hydrogen-bond donors (Lipinski definition) is 2. The van der Waals surface area contributed by atoms with Gasteiger partial charge < -0.3 is 15.4 Å². The molecule has 2 amide bonds. The number of benzene rings is 1. The summed E-state index contributed by atoms with van der Waals surface area (Å²) in [6.07, 6.45) is 2.91. The van der Waals surface area contributed by atoms with Crippen LogP contribution in [0.5, 0.6) is 0 Å². The molecule has 31 heavy (non-hydrogen) atoms. The van der Waals surface area contributed by atoms with Gasteiger partial charge in [0.25, 0.3) is 5.56 Å². The third-order valence-corrected chi connectivity index (χ3v) is 5.20. The fourth-order valence-electron chi connectivity index (χ4n) is 2.81. The Balaban J connectivity index is 1.74. The number of ether oxygens (including phenoxy) is 1. The lowest BCUT2D eigenvalue weighted by Gasteiger charge is -2.09. The molecule has 2 heterocycles. The van der Waals surface area contributed by atoms with Crippen molar-refractivity contribution in [3.05, 3.63) is 51.9 Å². The molecule has 9 nitrogen and oxygen atoms in total. The molecule has 0 atom stereocenters. The van der Waals surface area contributed by atoms with Gasteiger partial charge in [0.2, 0.25) is 11.8 Å². The lowest BCUT2D eigenvalue weighted by atomic mass is 10.2. The summed E-state index contributed by atoms with van der Waals surface area (Å²) in [5, 5.41) is 7.02. The molecule has 0 saturated carbocycles. The van der Waals surface area contributed by atoms with E-state index in [2.05, 4.69) is 15.6 Å². The SMILES string of the molecule is CCCCOC(=O)c1csc2ncn(CC(=O)Nc3ccc(NC(C)=O)cc3)c(=O)c12. The molecule has 0 radical (unpaired) electrons. The van der Waals surface area contributed by atoms with E-state index < -0.39 is 17.4 Å². The number of unbranched alkanes of at least 4 members (excludes halogenated alkanes) is 1. The largest absolute Gasteiger partial charge is 0.462 e. The number of hydrogen-bond acceptors (Lipinski definition) is 7. The fraction of sp³-hybridized carbons (Fsp3) is 0.286. The number of thiophene rings is 1. The molecule has 0 unspecified atom stereocenters. The van der Waals surface area contributed by atoms with E-state index in [1.807, 2.05) is 6.92 Å². The quantitative estimate of drug-likeness (QED) is 0.409. The maximum Gasteiger partial charge on any atom is 0.339 e. The summed E-state index contributed by atoms with van der Waals surface area (Å²) in [6, 6.07) is 6.57. The van der Waals surface area contributed by atoms with Gasteiger partial charge in [-0.3, -0.25) is 19.0 Å². The Labute approximate surface area is 182 Å². The molecule has 0 fully saturated rings. The molecular formula is C21H22N4O5S. The highest BCUT2D eigenvalue weighted by Crippen LogP contribution is 2.21. The van der Waals surface area contributed by atoms with Crippen LogP contribution in [0.4, 0.5) is 11.4 Å². The number of carbonyl (C=O) groups is 3. The third kappa shape index (κ3) is 5.54. The predicted octanol–water partition coefficient (Wildman–Crippen LogP) is 3.01. The van der Waals surface area contributed by atoms with Crippen molar-refractivity contribution < 1.29 is 19.1 Å². The van der Waals surface area contributed by atoms with Crippen molar-refractivity contribution in [2.45, 2.75) is 33.2 Å². The summed E-state index contributed by atoms with van der Waals surface area (Å²) < 4.78 is 6.36. The number of fused-ring (bicyclic) bond motifs is 1. The standard InChI is InChI=1S/C21H22N4O5S/c1-3-4-9-30-21(29)16-11-31-19-18(16)20(28)25(12-22-19)10-17(27)24-15-7-5-14(6-8-15)23-13(2)26/h5-8,11-12H,3-4,9-10H2,1-2H3,(H,23,26)(H,24,27). The van der Waals surface area contributed by atoms with Crippen molar-refractivity contribution in [1.29, 1.82) is 0 Å². The van der Waals surface area contributed by atoms with E-state index in [-0.39, 0.29) is 30.0 Å². The minimum absolute atomic E-state index is 0.154. The molecule has 162 valence electrons. The van der Waals surface area contributed by atoms with Gasteiger partial charge in [-0.2, -0.15) is 0 Å². The Hall–Kier alpha value is -3.53. The van der Waals surface area contributed by atoms with Crippen LogP contribution < -0.4 is 16.2 Å². The van der Waals surface area contributed by atoms with Crippen LogP contribution in [-0.4, -0.2) is 33.9 Å². The van der Waals surface area contributed by atoms with Gasteiger partial charge in [0.1, 0.15) is 11.4 Å². The first-order valence-corrected chi connectivity index (χ1v) is 10.6. The van der Waals surface area contributed by atoms with Crippen molar-refractivity contribution in [2.24, 2.45) is 0 Å². The topological polar surface area (TPSA) is 119 Å². The smallest absolute Gasteiger partial charge is 0.339 e. The molecule has 3 aromatic rings. The highest BCUT2D eigenvalue weighted by atomic mass is 32.1. The number of esters is 1. The van der Waals surface area contributed by atoms with Crippen LogP contribution in [0.1, 0.15) is 37.0 Å². The molecule has 2 N–H and O–H groups in total. The van der Waals surface area contributed by atoms with E-state index in [1.54, 1.807) is 29.6 Å². The molecule has 3 rings (SSSR count). The first kappa shape index (κ1) is 22.2. The summed E-state index contributed by atoms with van der Waals surface area (Å²) in [5.74, 6) is -1.20. The zero-order valence-electron chi connectivity index (χ0n) is 17.1. The van der Waals surface area contributed by atoms with E-state index in [0.29, 0.717) is 16.2 Å². The zero-order chi connectivity index (χ0) is 22.4. The zero-order valence-corrected chi connectivity index (χ0v) is 18.0. The van der Waals surface area contributed by atoms with Gasteiger partial charge >= 0.3 is 5.97 Å². The summed E-state index contributed by atoms with van der Waals surface area (Å²) in [7, 11) is 0. The first-order chi connectivity index (χ1) is 14.9. The summed E-state index contributed by atoms with van der Waals surface area (Å²) in [4.78, 5) is 53.3. The van der Waals surface area contributed by atoms with Crippen LogP contribution in [0.3, 0.4) is 0 Å². The Morgan fingerprint density at radius 3 is 2.45 bits per heavy atom. The van der Waals surface area contributed by atoms with Crippen molar-refractivity contribution in [3.8, 4) is 0 Å². The van der Waals surface area contributed by atoms with Crippen LogP contribution in [-0.2, 0) is 20.9 Å². The highest BCUT2D eigenvalue weighted by Gasteiger charge is 2.19. The minimum Gasteiger partial charge on any atom is -0.462 e. The minimum atomic E-state index is -0.569. The third-order valence-electron chi connectivity index (χ3n) is 4.31. The van der Waals surface area contributed by atoms with Crippen LogP contribution >= 0.6 is 11.3 Å². The normalized spacial score (nSPS) is 10.6. The highest BCUT2D eigenvalue weighted by molar-refractivity contribution is 7.17. The van der Waals surface area contributed by atoms with E-state index >= 15 is 0 Å². The first-order valence-electron chi connectivity index (χ1n) is 9.70.